The van der Waals surface area contributed by atoms with Gasteiger partial charge in [0.2, 0.25) is 0 Å². The van der Waals surface area contributed by atoms with Gasteiger partial charge in [-0.2, -0.15) is 0 Å². The Kier molecular flexibility index (Phi) is 12.7. The summed E-state index contributed by atoms with van der Waals surface area (Å²) in [5.41, 5.74) is 30.8. The van der Waals surface area contributed by atoms with Crippen LogP contribution in [0.15, 0.2) is 358 Å². The number of aromatic nitrogens is 2. The van der Waals surface area contributed by atoms with Crippen LogP contribution in [0.3, 0.4) is 0 Å². The third kappa shape index (κ3) is 8.63. The number of nitrogens with zero attached hydrogens (tertiary/aromatic N) is 4. The van der Waals surface area contributed by atoms with E-state index >= 15 is 0 Å². The van der Waals surface area contributed by atoms with Gasteiger partial charge in [0.05, 0.1) is 44.8 Å². The number of hydrogen-bond donors (Lipinski definition) is 0. The van der Waals surface area contributed by atoms with E-state index in [1.54, 1.807) is 0 Å². The Labute approximate surface area is 552 Å². The molecule has 2 aliphatic rings. The average molecular weight is 1210 g/mol. The first-order chi connectivity index (χ1) is 47.2. The van der Waals surface area contributed by atoms with Crippen molar-refractivity contribution in [3.63, 3.8) is 0 Å². The quantitative estimate of drug-likeness (QED) is 0.127. The molecular formula is C90H59BN4. The molecule has 15 aromatic carbocycles. The largest absolute Gasteiger partial charge is 0.310 e. The molecule has 0 fully saturated rings. The van der Waals surface area contributed by atoms with Crippen LogP contribution in [0.25, 0.3) is 122 Å². The maximum Gasteiger partial charge on any atom is 0.252 e. The number of fused-ring (bicyclic) bond motifs is 11. The predicted octanol–water partition coefficient (Wildman–Crippen LogP) is 22.0. The summed E-state index contributed by atoms with van der Waals surface area (Å²) in [6.07, 6.45) is 0. The molecule has 0 saturated carbocycles. The lowest BCUT2D eigenvalue weighted by molar-refractivity contribution is 1.16. The Hall–Kier alpha value is -12.4. The van der Waals surface area contributed by atoms with Crippen molar-refractivity contribution >= 4 is 101 Å². The zero-order valence-corrected chi connectivity index (χ0v) is 51.9. The zero-order valence-electron chi connectivity index (χ0n) is 51.9. The summed E-state index contributed by atoms with van der Waals surface area (Å²) in [6.45, 7) is -0.254. The lowest BCUT2D eigenvalue weighted by Gasteiger charge is -2.46. The molecule has 4 heterocycles. The summed E-state index contributed by atoms with van der Waals surface area (Å²) in [7, 11) is 0. The summed E-state index contributed by atoms with van der Waals surface area (Å²) < 4.78 is 5.05. The summed E-state index contributed by atoms with van der Waals surface area (Å²) in [5.74, 6) is 0. The molecule has 2 aliphatic heterocycles. The van der Waals surface area contributed by atoms with Crippen LogP contribution in [-0.4, -0.2) is 15.8 Å². The standard InChI is InChI=1S/C90H59BN4/c1-7-28-60(29-8-1)66-40-25-41-68(56-66)92-81-51-24-21-44-76(81)86-82(92)55-54-78-90(86)95(89-72(64-36-15-5-16-37-64)47-27-48-73(89)65-38-17-6-18-39-65)85-59-69(93-79-49-22-19-42-74(79)75-43-20-23-50-80(75)93)58-84-87(85)91(78)77-53-52-67(61-30-9-2-10-31-61)57-83(77)94(84)88-70(62-32-11-3-12-33-62)45-26-46-71(88)63-34-13-4-14-35-63/h1-59H. The maximum atomic E-state index is 2.73. The van der Waals surface area contributed by atoms with Gasteiger partial charge in [0, 0.05) is 66.5 Å². The van der Waals surface area contributed by atoms with E-state index in [0.717, 1.165) is 123 Å². The maximum absolute atomic E-state index is 2.73. The summed E-state index contributed by atoms with van der Waals surface area (Å²) >= 11 is 0. The Morgan fingerprint density at radius 2 is 0.589 bits per heavy atom. The van der Waals surface area contributed by atoms with Crippen LogP contribution in [0.4, 0.5) is 34.1 Å². The van der Waals surface area contributed by atoms with Crippen LogP contribution in [-0.2, 0) is 0 Å². The van der Waals surface area contributed by atoms with Crippen molar-refractivity contribution in [2.75, 3.05) is 9.80 Å². The Morgan fingerprint density at radius 3 is 1.09 bits per heavy atom. The van der Waals surface area contributed by atoms with Gasteiger partial charge in [0.1, 0.15) is 0 Å². The third-order valence-electron chi connectivity index (χ3n) is 19.9. The molecule has 0 spiro atoms. The monoisotopic (exact) mass is 1210 g/mol. The van der Waals surface area contributed by atoms with E-state index < -0.39 is 0 Å². The zero-order chi connectivity index (χ0) is 62.5. The Bertz CT molecular complexity index is 5670. The third-order valence-corrected chi connectivity index (χ3v) is 19.9. The SMILES string of the molecule is c1ccc(-c2cccc(-n3c4ccccc4c4c5c(ccc43)B3c4ccc(-c6ccccc6)cc4N(c4c(-c6ccccc6)cccc4-c4ccccc4)c4cc(-n6c7ccccc7c7ccccc76)cc(c43)N5c3c(-c4ccccc4)cccc3-c3ccccc3)c2)cc1. The lowest BCUT2D eigenvalue weighted by Crippen LogP contribution is -2.61. The fourth-order valence-corrected chi connectivity index (χ4v) is 15.8. The van der Waals surface area contributed by atoms with Gasteiger partial charge in [-0.1, -0.05) is 303 Å². The van der Waals surface area contributed by atoms with Crippen molar-refractivity contribution in [3.05, 3.63) is 358 Å². The van der Waals surface area contributed by atoms with Crippen molar-refractivity contribution in [1.29, 1.82) is 0 Å². The highest BCUT2D eigenvalue weighted by Crippen LogP contribution is 2.56. The molecule has 0 bridgehead atoms. The molecule has 0 unspecified atom stereocenters. The van der Waals surface area contributed by atoms with Crippen LogP contribution in [0.2, 0.25) is 0 Å². The highest BCUT2D eigenvalue weighted by atomic mass is 15.2. The van der Waals surface area contributed by atoms with E-state index in [-0.39, 0.29) is 6.71 Å². The van der Waals surface area contributed by atoms with E-state index in [1.807, 2.05) is 0 Å². The fraction of sp³-hybridized carbons (Fsp3) is 0. The van der Waals surface area contributed by atoms with Crippen LogP contribution in [0.5, 0.6) is 0 Å². The van der Waals surface area contributed by atoms with Gasteiger partial charge in [-0.25, -0.2) is 0 Å². The molecule has 0 aliphatic carbocycles. The second-order valence-electron chi connectivity index (χ2n) is 25.0. The summed E-state index contributed by atoms with van der Waals surface area (Å²) in [4.78, 5) is 5.41. The molecule has 17 aromatic rings. The molecule has 0 amide bonds. The predicted molar refractivity (Wildman–Crippen MR) is 402 cm³/mol. The molecule has 4 nitrogen and oxygen atoms in total. The number of anilines is 6. The minimum Gasteiger partial charge on any atom is -0.310 e. The van der Waals surface area contributed by atoms with E-state index in [4.69, 9.17) is 0 Å². The molecule has 442 valence electrons. The van der Waals surface area contributed by atoms with E-state index in [0.29, 0.717) is 0 Å². The molecule has 0 saturated heterocycles. The van der Waals surface area contributed by atoms with Gasteiger partial charge in [-0.15, -0.1) is 0 Å². The number of benzene rings is 15. The smallest absolute Gasteiger partial charge is 0.252 e. The minimum atomic E-state index is -0.254. The Balaban J connectivity index is 1.03. The Morgan fingerprint density at radius 1 is 0.211 bits per heavy atom. The van der Waals surface area contributed by atoms with Crippen molar-refractivity contribution in [2.24, 2.45) is 0 Å². The van der Waals surface area contributed by atoms with E-state index in [1.165, 1.54) is 49.1 Å². The topological polar surface area (TPSA) is 16.3 Å². The van der Waals surface area contributed by atoms with Crippen molar-refractivity contribution in [2.45, 2.75) is 0 Å². The molecule has 5 heteroatoms. The molecule has 95 heavy (non-hydrogen) atoms. The fourth-order valence-electron chi connectivity index (χ4n) is 15.8. The lowest BCUT2D eigenvalue weighted by atomic mass is 9.33. The van der Waals surface area contributed by atoms with Gasteiger partial charge in [0.25, 0.3) is 6.71 Å². The van der Waals surface area contributed by atoms with Gasteiger partial charge < -0.3 is 18.9 Å². The van der Waals surface area contributed by atoms with Crippen molar-refractivity contribution < 1.29 is 0 Å². The first-order valence-corrected chi connectivity index (χ1v) is 32.9. The highest BCUT2D eigenvalue weighted by molar-refractivity contribution is 7.00. The van der Waals surface area contributed by atoms with E-state index in [2.05, 4.69) is 377 Å². The number of rotatable bonds is 10. The molecule has 2 aromatic heterocycles. The van der Waals surface area contributed by atoms with Crippen LogP contribution < -0.4 is 26.2 Å². The molecule has 0 radical (unpaired) electrons. The second-order valence-corrected chi connectivity index (χ2v) is 25.0. The normalized spacial score (nSPS) is 12.4. The van der Waals surface area contributed by atoms with Gasteiger partial charge in [0.15, 0.2) is 0 Å². The first kappa shape index (κ1) is 54.3. The molecule has 19 rings (SSSR count). The van der Waals surface area contributed by atoms with Crippen LogP contribution >= 0.6 is 0 Å². The van der Waals surface area contributed by atoms with Gasteiger partial charge in [-0.05, 0) is 115 Å². The van der Waals surface area contributed by atoms with E-state index in [9.17, 15) is 0 Å². The van der Waals surface area contributed by atoms with Crippen molar-refractivity contribution in [1.82, 2.24) is 9.13 Å². The minimum absolute atomic E-state index is 0.254. The van der Waals surface area contributed by atoms with Gasteiger partial charge >= 0.3 is 0 Å². The summed E-state index contributed by atoms with van der Waals surface area (Å²) in [5, 5.41) is 4.77. The second kappa shape index (κ2) is 22.2. The van der Waals surface area contributed by atoms with Gasteiger partial charge in [-0.3, -0.25) is 0 Å². The average Bonchev–Trinajstić information content (AvgIpc) is 1.66. The molecule has 0 atom stereocenters. The highest BCUT2D eigenvalue weighted by Gasteiger charge is 2.47. The number of hydrogen-bond acceptors (Lipinski definition) is 2. The van der Waals surface area contributed by atoms with Crippen LogP contribution in [0, 0.1) is 0 Å². The molecule has 0 N–H and O–H groups in total. The van der Waals surface area contributed by atoms with Crippen LogP contribution in [0.1, 0.15) is 0 Å². The number of para-hydroxylation sites is 5. The molecular weight excluding hydrogens is 1150 g/mol. The first-order valence-electron chi connectivity index (χ1n) is 32.9. The van der Waals surface area contributed by atoms with Crippen molar-refractivity contribution in [3.8, 4) is 78.1 Å². The summed E-state index contributed by atoms with van der Waals surface area (Å²) in [6, 6.07) is 133.